The maximum atomic E-state index is 6.00. The zero-order valence-electron chi connectivity index (χ0n) is 8.30. The normalized spacial score (nSPS) is 24.9. The summed E-state index contributed by atoms with van der Waals surface area (Å²) in [5.41, 5.74) is 0. The molecule has 1 heterocycles. The Morgan fingerprint density at radius 2 is 2.46 bits per heavy atom. The van der Waals surface area contributed by atoms with E-state index in [1.165, 1.54) is 12.8 Å². The summed E-state index contributed by atoms with van der Waals surface area (Å²) in [7, 11) is 1.69. The van der Waals surface area contributed by atoms with Crippen LogP contribution in [0.25, 0.3) is 0 Å². The summed E-state index contributed by atoms with van der Waals surface area (Å²) in [5.74, 6) is 0. The highest BCUT2D eigenvalue weighted by atomic mass is 35.5. The molecule has 0 amide bonds. The molecule has 0 aromatic rings. The smallest absolute Gasteiger partial charge is 0.0626 e. The molecule has 0 aromatic heterocycles. The van der Waals surface area contributed by atoms with Crippen LogP contribution in [0.2, 0.25) is 0 Å². The molecule has 0 spiro atoms. The van der Waals surface area contributed by atoms with Crippen molar-refractivity contribution in [1.82, 2.24) is 0 Å². The van der Waals surface area contributed by atoms with Gasteiger partial charge in [0.05, 0.1) is 18.1 Å². The van der Waals surface area contributed by atoms with E-state index in [1.807, 2.05) is 0 Å². The Bertz CT molecular complexity index is 124. The van der Waals surface area contributed by atoms with Crippen molar-refractivity contribution < 1.29 is 9.47 Å². The molecule has 1 aliphatic heterocycles. The van der Waals surface area contributed by atoms with Crippen molar-refractivity contribution in [2.75, 3.05) is 20.3 Å². The molecule has 78 valence electrons. The van der Waals surface area contributed by atoms with Crippen molar-refractivity contribution in [3.8, 4) is 0 Å². The summed E-state index contributed by atoms with van der Waals surface area (Å²) < 4.78 is 10.5. The van der Waals surface area contributed by atoms with Gasteiger partial charge in [0.15, 0.2) is 0 Å². The topological polar surface area (TPSA) is 18.5 Å². The quantitative estimate of drug-likeness (QED) is 0.622. The number of ether oxygens (including phenoxy) is 2. The molecule has 3 heteroatoms. The van der Waals surface area contributed by atoms with Gasteiger partial charge in [0.2, 0.25) is 0 Å². The van der Waals surface area contributed by atoms with Crippen LogP contribution in [0.3, 0.4) is 0 Å². The zero-order chi connectivity index (χ0) is 9.52. The van der Waals surface area contributed by atoms with Crippen molar-refractivity contribution >= 4 is 11.6 Å². The van der Waals surface area contributed by atoms with E-state index in [9.17, 15) is 0 Å². The summed E-state index contributed by atoms with van der Waals surface area (Å²) in [6.45, 7) is 1.61. The molecule has 0 aromatic carbocycles. The van der Waals surface area contributed by atoms with Crippen LogP contribution in [0.1, 0.15) is 32.1 Å². The third-order valence-electron chi connectivity index (χ3n) is 2.41. The van der Waals surface area contributed by atoms with Gasteiger partial charge >= 0.3 is 0 Å². The third kappa shape index (κ3) is 4.84. The van der Waals surface area contributed by atoms with Gasteiger partial charge in [-0.2, -0.15) is 0 Å². The summed E-state index contributed by atoms with van der Waals surface area (Å²) in [5, 5.41) is 0.173. The molecular formula is C10H19ClO2. The zero-order valence-corrected chi connectivity index (χ0v) is 9.05. The molecule has 1 aliphatic rings. The van der Waals surface area contributed by atoms with Crippen LogP contribution in [0, 0.1) is 0 Å². The second-order valence-corrected chi connectivity index (χ2v) is 4.24. The van der Waals surface area contributed by atoms with E-state index in [1.54, 1.807) is 7.11 Å². The Kier molecular flexibility index (Phi) is 5.76. The van der Waals surface area contributed by atoms with Crippen LogP contribution < -0.4 is 0 Å². The lowest BCUT2D eigenvalue weighted by Gasteiger charge is -2.11. The lowest BCUT2D eigenvalue weighted by atomic mass is 10.1. The summed E-state index contributed by atoms with van der Waals surface area (Å²) in [6, 6.07) is 0. The highest BCUT2D eigenvalue weighted by molar-refractivity contribution is 6.20. The molecule has 2 nitrogen and oxygen atoms in total. The molecule has 13 heavy (non-hydrogen) atoms. The van der Waals surface area contributed by atoms with Crippen molar-refractivity contribution in [1.29, 1.82) is 0 Å². The van der Waals surface area contributed by atoms with E-state index >= 15 is 0 Å². The molecule has 1 rings (SSSR count). The monoisotopic (exact) mass is 206 g/mol. The number of hydrogen-bond acceptors (Lipinski definition) is 2. The number of alkyl halides is 1. The first kappa shape index (κ1) is 11.3. The minimum absolute atomic E-state index is 0.173. The molecule has 2 unspecified atom stereocenters. The Morgan fingerprint density at radius 3 is 3.08 bits per heavy atom. The van der Waals surface area contributed by atoms with Crippen LogP contribution >= 0.6 is 11.6 Å². The van der Waals surface area contributed by atoms with Gasteiger partial charge in [-0.1, -0.05) is 0 Å². The SMILES string of the molecule is COCC(Cl)CCCC1CCCO1. The predicted octanol–water partition coefficient (Wildman–Crippen LogP) is 2.59. The van der Waals surface area contributed by atoms with Crippen LogP contribution in [0.5, 0.6) is 0 Å². The fourth-order valence-electron chi connectivity index (χ4n) is 1.70. The van der Waals surface area contributed by atoms with Gasteiger partial charge in [0, 0.05) is 13.7 Å². The maximum absolute atomic E-state index is 6.00. The molecule has 0 aliphatic carbocycles. The fraction of sp³-hybridized carbons (Fsp3) is 1.00. The lowest BCUT2D eigenvalue weighted by Crippen LogP contribution is -2.10. The van der Waals surface area contributed by atoms with Crippen molar-refractivity contribution in [3.63, 3.8) is 0 Å². The van der Waals surface area contributed by atoms with Gasteiger partial charge in [-0.25, -0.2) is 0 Å². The van der Waals surface area contributed by atoms with E-state index in [-0.39, 0.29) is 5.38 Å². The summed E-state index contributed by atoms with van der Waals surface area (Å²) >= 11 is 6.00. The summed E-state index contributed by atoms with van der Waals surface area (Å²) in [6.07, 6.45) is 6.32. The number of hydrogen-bond donors (Lipinski definition) is 0. The summed E-state index contributed by atoms with van der Waals surface area (Å²) in [4.78, 5) is 0. The van der Waals surface area contributed by atoms with Gasteiger partial charge in [0.1, 0.15) is 0 Å². The second-order valence-electron chi connectivity index (χ2n) is 3.62. The van der Waals surface area contributed by atoms with Crippen LogP contribution in [0.4, 0.5) is 0 Å². The van der Waals surface area contributed by atoms with Gasteiger partial charge in [0.25, 0.3) is 0 Å². The van der Waals surface area contributed by atoms with E-state index in [0.717, 1.165) is 25.9 Å². The van der Waals surface area contributed by atoms with Gasteiger partial charge in [-0.3, -0.25) is 0 Å². The molecule has 2 atom stereocenters. The Hall–Kier alpha value is 0.210. The largest absolute Gasteiger partial charge is 0.383 e. The van der Waals surface area contributed by atoms with Gasteiger partial charge < -0.3 is 9.47 Å². The van der Waals surface area contributed by atoms with Gasteiger partial charge in [-0.05, 0) is 32.1 Å². The lowest BCUT2D eigenvalue weighted by molar-refractivity contribution is 0.101. The van der Waals surface area contributed by atoms with E-state index < -0.39 is 0 Å². The van der Waals surface area contributed by atoms with Crippen molar-refractivity contribution in [2.24, 2.45) is 0 Å². The van der Waals surface area contributed by atoms with Crippen LogP contribution in [0.15, 0.2) is 0 Å². The van der Waals surface area contributed by atoms with Gasteiger partial charge in [-0.15, -0.1) is 11.6 Å². The van der Waals surface area contributed by atoms with Crippen molar-refractivity contribution in [3.05, 3.63) is 0 Å². The first-order chi connectivity index (χ1) is 6.33. The molecule has 0 radical (unpaired) electrons. The minimum Gasteiger partial charge on any atom is -0.383 e. The number of methoxy groups -OCH3 is 1. The Morgan fingerprint density at radius 1 is 1.62 bits per heavy atom. The molecule has 1 saturated heterocycles. The van der Waals surface area contributed by atoms with Crippen molar-refractivity contribution in [2.45, 2.75) is 43.6 Å². The second kappa shape index (κ2) is 6.63. The Labute approximate surface area is 85.5 Å². The fourth-order valence-corrected chi connectivity index (χ4v) is 1.98. The van der Waals surface area contributed by atoms with E-state index in [4.69, 9.17) is 21.1 Å². The predicted molar refractivity (Wildman–Crippen MR) is 54.3 cm³/mol. The minimum atomic E-state index is 0.173. The van der Waals surface area contributed by atoms with E-state index in [0.29, 0.717) is 12.7 Å². The standard InChI is InChI=1S/C10H19ClO2/c1-12-8-9(11)4-2-5-10-6-3-7-13-10/h9-10H,2-8H2,1H3. The first-order valence-corrected chi connectivity index (χ1v) is 5.51. The first-order valence-electron chi connectivity index (χ1n) is 5.07. The molecule has 0 bridgehead atoms. The van der Waals surface area contributed by atoms with Crippen LogP contribution in [-0.4, -0.2) is 31.8 Å². The highest BCUT2D eigenvalue weighted by Gasteiger charge is 2.15. The number of rotatable bonds is 6. The average molecular weight is 207 g/mol. The van der Waals surface area contributed by atoms with E-state index in [2.05, 4.69) is 0 Å². The molecule has 0 saturated carbocycles. The Balaban J connectivity index is 1.93. The number of halogens is 1. The molecule has 0 N–H and O–H groups in total. The molecule has 1 fully saturated rings. The molecular weight excluding hydrogens is 188 g/mol. The van der Waals surface area contributed by atoms with Crippen LogP contribution in [-0.2, 0) is 9.47 Å². The average Bonchev–Trinajstić information content (AvgIpc) is 2.57. The third-order valence-corrected chi connectivity index (χ3v) is 2.76. The highest BCUT2D eigenvalue weighted by Crippen LogP contribution is 2.19. The maximum Gasteiger partial charge on any atom is 0.0626 e.